The molecular weight excluding hydrogens is 260 g/mol. The van der Waals surface area contributed by atoms with Gasteiger partial charge in [-0.2, -0.15) is 0 Å². The molecule has 2 rings (SSSR count). The van der Waals surface area contributed by atoms with Crippen LogP contribution < -0.4 is 0 Å². The zero-order valence-corrected chi connectivity index (χ0v) is 13.8. The largest absolute Gasteiger partial charge is 0.394 e. The lowest BCUT2D eigenvalue weighted by molar-refractivity contribution is 0.134. The van der Waals surface area contributed by atoms with Crippen LogP contribution in [0.15, 0.2) is 18.2 Å². The van der Waals surface area contributed by atoms with Gasteiger partial charge in [-0.05, 0) is 50.6 Å². The van der Waals surface area contributed by atoms with Crippen LogP contribution in [0.3, 0.4) is 0 Å². The maximum absolute atomic E-state index is 9.90. The van der Waals surface area contributed by atoms with Crippen molar-refractivity contribution in [3.63, 3.8) is 0 Å². The minimum Gasteiger partial charge on any atom is -0.394 e. The Hall–Kier alpha value is -1.45. The van der Waals surface area contributed by atoms with Gasteiger partial charge < -0.3 is 5.11 Å². The number of nitrogens with zero attached hydrogens (tertiary/aromatic N) is 2. The van der Waals surface area contributed by atoms with E-state index in [1.165, 1.54) is 16.5 Å². The highest BCUT2D eigenvalue weighted by Gasteiger charge is 2.20. The van der Waals surface area contributed by atoms with Gasteiger partial charge in [0.2, 0.25) is 0 Å². The summed E-state index contributed by atoms with van der Waals surface area (Å²) in [5.74, 6) is 0. The molecule has 1 N–H and O–H groups in total. The Bertz CT molecular complexity index is 633. The standard InChI is InChI=1S/C18H26N2O/c1-6-20(7-2)17(11-21)16-10-8-9-15-13(4)12(3)14(5)19-18(15)16/h8-10,17,21H,6-7,11H2,1-5H3. The van der Waals surface area contributed by atoms with Crippen molar-refractivity contribution in [2.45, 2.75) is 40.7 Å². The monoisotopic (exact) mass is 286 g/mol. The molecule has 114 valence electrons. The molecule has 3 heteroatoms. The van der Waals surface area contributed by atoms with E-state index < -0.39 is 0 Å². The molecule has 0 aliphatic rings. The van der Waals surface area contributed by atoms with Crippen LogP contribution in [-0.4, -0.2) is 34.7 Å². The van der Waals surface area contributed by atoms with E-state index in [2.05, 4.69) is 57.7 Å². The average molecular weight is 286 g/mol. The van der Waals surface area contributed by atoms with E-state index in [-0.39, 0.29) is 12.6 Å². The number of hydrogen-bond acceptors (Lipinski definition) is 3. The summed E-state index contributed by atoms with van der Waals surface area (Å²) in [6.07, 6.45) is 0. The predicted octanol–water partition coefficient (Wildman–Crippen LogP) is 3.54. The number of hydrogen-bond donors (Lipinski definition) is 1. The molecule has 0 aliphatic carbocycles. The number of aliphatic hydroxyl groups is 1. The van der Waals surface area contributed by atoms with Gasteiger partial charge in [0.1, 0.15) is 0 Å². The highest BCUT2D eigenvalue weighted by molar-refractivity contribution is 5.86. The Labute approximate surface area is 127 Å². The van der Waals surface area contributed by atoms with Crippen molar-refractivity contribution in [2.75, 3.05) is 19.7 Å². The van der Waals surface area contributed by atoms with Gasteiger partial charge in [0.05, 0.1) is 18.2 Å². The molecule has 1 heterocycles. The van der Waals surface area contributed by atoms with E-state index in [1.54, 1.807) is 0 Å². The number of benzene rings is 1. The van der Waals surface area contributed by atoms with Gasteiger partial charge in [0, 0.05) is 11.1 Å². The van der Waals surface area contributed by atoms with E-state index in [9.17, 15) is 5.11 Å². The van der Waals surface area contributed by atoms with Crippen molar-refractivity contribution in [3.8, 4) is 0 Å². The molecule has 0 bridgehead atoms. The molecule has 1 unspecified atom stereocenters. The Morgan fingerprint density at radius 3 is 2.33 bits per heavy atom. The van der Waals surface area contributed by atoms with Crippen LogP contribution in [0.4, 0.5) is 0 Å². The number of fused-ring (bicyclic) bond motifs is 1. The summed E-state index contributed by atoms with van der Waals surface area (Å²) in [6, 6.07) is 6.32. The summed E-state index contributed by atoms with van der Waals surface area (Å²) in [5.41, 5.74) is 5.77. The summed E-state index contributed by atoms with van der Waals surface area (Å²) in [6.45, 7) is 12.6. The molecule has 21 heavy (non-hydrogen) atoms. The fourth-order valence-corrected chi connectivity index (χ4v) is 3.06. The van der Waals surface area contributed by atoms with E-state index in [4.69, 9.17) is 4.98 Å². The van der Waals surface area contributed by atoms with Gasteiger partial charge in [-0.3, -0.25) is 9.88 Å². The van der Waals surface area contributed by atoms with Gasteiger partial charge in [-0.15, -0.1) is 0 Å². The lowest BCUT2D eigenvalue weighted by Crippen LogP contribution is -2.31. The van der Waals surface area contributed by atoms with E-state index in [0.29, 0.717) is 0 Å². The molecule has 1 aromatic heterocycles. The van der Waals surface area contributed by atoms with Crippen LogP contribution in [0.5, 0.6) is 0 Å². The summed E-state index contributed by atoms with van der Waals surface area (Å²) >= 11 is 0. The highest BCUT2D eigenvalue weighted by Crippen LogP contribution is 2.30. The lowest BCUT2D eigenvalue weighted by atomic mass is 9.97. The van der Waals surface area contributed by atoms with Crippen LogP contribution in [0.1, 0.15) is 42.3 Å². The average Bonchev–Trinajstić information content (AvgIpc) is 2.50. The minimum atomic E-state index is 0.0118. The SMILES string of the molecule is CCN(CC)C(CO)c1cccc2c(C)c(C)c(C)nc12. The maximum Gasteiger partial charge on any atom is 0.0756 e. The first kappa shape index (κ1) is 15.9. The first-order chi connectivity index (χ1) is 10.0. The van der Waals surface area contributed by atoms with Crippen LogP contribution >= 0.6 is 0 Å². The second kappa shape index (κ2) is 6.54. The van der Waals surface area contributed by atoms with Crippen molar-refractivity contribution >= 4 is 10.9 Å². The Kier molecular flexibility index (Phi) is 4.96. The number of pyridine rings is 1. The Morgan fingerprint density at radius 2 is 1.76 bits per heavy atom. The zero-order valence-electron chi connectivity index (χ0n) is 13.8. The molecule has 0 amide bonds. The molecule has 3 nitrogen and oxygen atoms in total. The van der Waals surface area contributed by atoms with Crippen molar-refractivity contribution in [1.29, 1.82) is 0 Å². The first-order valence-corrected chi connectivity index (χ1v) is 7.76. The maximum atomic E-state index is 9.90. The van der Waals surface area contributed by atoms with E-state index >= 15 is 0 Å². The minimum absolute atomic E-state index is 0.0118. The van der Waals surface area contributed by atoms with Gasteiger partial charge in [0.15, 0.2) is 0 Å². The molecule has 1 atom stereocenters. The molecule has 1 aromatic carbocycles. The molecule has 0 saturated carbocycles. The molecule has 2 aromatic rings. The van der Waals surface area contributed by atoms with Gasteiger partial charge in [-0.25, -0.2) is 0 Å². The number of aliphatic hydroxyl groups excluding tert-OH is 1. The second-order valence-electron chi connectivity index (χ2n) is 5.61. The van der Waals surface area contributed by atoms with Crippen LogP contribution in [0.25, 0.3) is 10.9 Å². The smallest absolute Gasteiger partial charge is 0.0756 e. The molecule has 0 fully saturated rings. The molecular formula is C18H26N2O. The quantitative estimate of drug-likeness (QED) is 0.913. The van der Waals surface area contributed by atoms with Gasteiger partial charge in [0.25, 0.3) is 0 Å². The Morgan fingerprint density at radius 1 is 1.10 bits per heavy atom. The number of likely N-dealkylation sites (N-methyl/N-ethyl adjacent to an activating group) is 1. The van der Waals surface area contributed by atoms with E-state index in [1.807, 2.05) is 0 Å². The number of rotatable bonds is 5. The van der Waals surface area contributed by atoms with Gasteiger partial charge >= 0.3 is 0 Å². The van der Waals surface area contributed by atoms with Crippen LogP contribution in [0, 0.1) is 20.8 Å². The van der Waals surface area contributed by atoms with E-state index in [0.717, 1.165) is 29.9 Å². The first-order valence-electron chi connectivity index (χ1n) is 7.76. The predicted molar refractivity (Wildman–Crippen MR) is 88.7 cm³/mol. The third-order valence-electron chi connectivity index (χ3n) is 4.64. The van der Waals surface area contributed by atoms with Crippen LogP contribution in [0.2, 0.25) is 0 Å². The van der Waals surface area contributed by atoms with Crippen molar-refractivity contribution in [3.05, 3.63) is 40.6 Å². The summed E-state index contributed by atoms with van der Waals surface area (Å²) in [5, 5.41) is 11.1. The van der Waals surface area contributed by atoms with Crippen LogP contribution in [-0.2, 0) is 0 Å². The summed E-state index contributed by atoms with van der Waals surface area (Å²) < 4.78 is 0. The van der Waals surface area contributed by atoms with Crippen molar-refractivity contribution < 1.29 is 5.11 Å². The number of aryl methyl sites for hydroxylation is 2. The third-order valence-corrected chi connectivity index (χ3v) is 4.64. The zero-order chi connectivity index (χ0) is 15.6. The second-order valence-corrected chi connectivity index (χ2v) is 5.61. The fourth-order valence-electron chi connectivity index (χ4n) is 3.06. The Balaban J connectivity index is 2.69. The summed E-state index contributed by atoms with van der Waals surface area (Å²) in [4.78, 5) is 7.10. The third kappa shape index (κ3) is 2.81. The molecule has 0 saturated heterocycles. The number of aromatic nitrogens is 1. The fraction of sp³-hybridized carbons (Fsp3) is 0.500. The molecule has 0 radical (unpaired) electrons. The number of para-hydroxylation sites is 1. The normalized spacial score (nSPS) is 13.1. The lowest BCUT2D eigenvalue weighted by Gasteiger charge is -2.29. The van der Waals surface area contributed by atoms with Crippen molar-refractivity contribution in [1.82, 2.24) is 9.88 Å². The molecule has 0 aliphatic heterocycles. The topological polar surface area (TPSA) is 36.4 Å². The summed E-state index contributed by atoms with van der Waals surface area (Å²) in [7, 11) is 0. The van der Waals surface area contributed by atoms with Crippen molar-refractivity contribution in [2.24, 2.45) is 0 Å². The highest BCUT2D eigenvalue weighted by atomic mass is 16.3. The molecule has 0 spiro atoms. The van der Waals surface area contributed by atoms with Gasteiger partial charge in [-0.1, -0.05) is 32.0 Å².